The summed E-state index contributed by atoms with van der Waals surface area (Å²) in [4.78, 5) is 18.3. The molecule has 2 atom stereocenters. The second-order valence-corrected chi connectivity index (χ2v) is 5.10. The molecule has 1 aromatic rings. The molecule has 0 bridgehead atoms. The van der Waals surface area contributed by atoms with Crippen LogP contribution in [0.5, 0.6) is 0 Å². The summed E-state index contributed by atoms with van der Waals surface area (Å²) in [5, 5.41) is 0. The van der Waals surface area contributed by atoms with E-state index in [0.29, 0.717) is 6.04 Å². The van der Waals surface area contributed by atoms with Gasteiger partial charge in [-0.05, 0) is 44.7 Å². The van der Waals surface area contributed by atoms with Crippen molar-refractivity contribution in [1.29, 1.82) is 0 Å². The lowest BCUT2D eigenvalue weighted by Gasteiger charge is -2.38. The smallest absolute Gasteiger partial charge is 0.163 e. The minimum absolute atomic E-state index is 0.0962. The lowest BCUT2D eigenvalue weighted by molar-refractivity contribution is 0.101. The zero-order chi connectivity index (χ0) is 12.4. The quantitative estimate of drug-likeness (QED) is 0.735. The van der Waals surface area contributed by atoms with E-state index in [1.807, 2.05) is 12.1 Å². The van der Waals surface area contributed by atoms with Crippen LogP contribution in [0.3, 0.4) is 0 Å². The van der Waals surface area contributed by atoms with Crippen LogP contribution < -0.4 is 4.90 Å². The molecule has 0 saturated carbocycles. The highest BCUT2D eigenvalue weighted by Crippen LogP contribution is 2.28. The fraction of sp³-hybridized carbons (Fsp3) is 0.571. The summed E-state index contributed by atoms with van der Waals surface area (Å²) in [6, 6.07) is 4.17. The second kappa shape index (κ2) is 4.86. The highest BCUT2D eigenvalue weighted by atomic mass is 16.1. The molecule has 0 aliphatic carbocycles. The van der Waals surface area contributed by atoms with Crippen LogP contribution in [0, 0.1) is 5.92 Å². The number of carbonyl (C=O) groups is 1. The van der Waals surface area contributed by atoms with Crippen molar-refractivity contribution in [2.45, 2.75) is 39.7 Å². The van der Waals surface area contributed by atoms with Gasteiger partial charge in [-0.25, -0.2) is 4.98 Å². The highest BCUT2D eigenvalue weighted by Gasteiger charge is 2.26. The van der Waals surface area contributed by atoms with E-state index in [1.165, 1.54) is 12.8 Å². The lowest BCUT2D eigenvalue weighted by Crippen LogP contribution is -2.41. The molecule has 1 saturated heterocycles. The Labute approximate surface area is 103 Å². The topological polar surface area (TPSA) is 33.2 Å². The van der Waals surface area contributed by atoms with E-state index in [9.17, 15) is 4.79 Å². The van der Waals surface area contributed by atoms with Crippen LogP contribution in [0.1, 0.15) is 44.0 Å². The van der Waals surface area contributed by atoms with Crippen LogP contribution in [0.4, 0.5) is 5.82 Å². The Balaban J connectivity index is 2.30. The van der Waals surface area contributed by atoms with Gasteiger partial charge in [-0.15, -0.1) is 0 Å². The molecule has 17 heavy (non-hydrogen) atoms. The van der Waals surface area contributed by atoms with Crippen LogP contribution in [-0.4, -0.2) is 23.4 Å². The first kappa shape index (κ1) is 12.1. The van der Waals surface area contributed by atoms with Gasteiger partial charge in [-0.2, -0.15) is 0 Å². The molecule has 3 nitrogen and oxygen atoms in total. The Morgan fingerprint density at radius 1 is 1.47 bits per heavy atom. The summed E-state index contributed by atoms with van der Waals surface area (Å²) in [7, 11) is 0. The number of hydrogen-bond acceptors (Lipinski definition) is 3. The average molecular weight is 232 g/mol. The van der Waals surface area contributed by atoms with Crippen molar-refractivity contribution in [3.8, 4) is 0 Å². The van der Waals surface area contributed by atoms with E-state index in [1.54, 1.807) is 13.1 Å². The van der Waals surface area contributed by atoms with Gasteiger partial charge < -0.3 is 4.90 Å². The number of aromatic nitrogens is 1. The summed E-state index contributed by atoms with van der Waals surface area (Å²) in [6.45, 7) is 7.11. The molecule has 2 unspecified atom stereocenters. The van der Waals surface area contributed by atoms with E-state index in [-0.39, 0.29) is 5.78 Å². The molecule has 2 rings (SSSR count). The standard InChI is InChI=1S/C14H20N2O/c1-10-6-8-16(11(2)9-10)14-13(12(3)17)5-4-7-15-14/h4-5,7,10-11H,6,8-9H2,1-3H3. The maximum Gasteiger partial charge on any atom is 0.163 e. The lowest BCUT2D eigenvalue weighted by atomic mass is 9.93. The van der Waals surface area contributed by atoms with Crippen LogP contribution in [0.2, 0.25) is 0 Å². The van der Waals surface area contributed by atoms with Gasteiger partial charge in [0.1, 0.15) is 5.82 Å². The Morgan fingerprint density at radius 3 is 2.88 bits per heavy atom. The van der Waals surface area contributed by atoms with Crippen molar-refractivity contribution in [3.63, 3.8) is 0 Å². The van der Waals surface area contributed by atoms with E-state index in [4.69, 9.17) is 0 Å². The van der Waals surface area contributed by atoms with Gasteiger partial charge in [0.2, 0.25) is 0 Å². The maximum atomic E-state index is 11.6. The fourth-order valence-electron chi connectivity index (χ4n) is 2.62. The predicted octanol–water partition coefficient (Wildman–Crippen LogP) is 2.91. The van der Waals surface area contributed by atoms with Gasteiger partial charge in [0, 0.05) is 18.8 Å². The van der Waals surface area contributed by atoms with Gasteiger partial charge in [0.05, 0.1) is 5.56 Å². The molecule has 92 valence electrons. The molecule has 3 heteroatoms. The van der Waals surface area contributed by atoms with Crippen LogP contribution in [-0.2, 0) is 0 Å². The van der Waals surface area contributed by atoms with Gasteiger partial charge in [-0.1, -0.05) is 6.92 Å². The third kappa shape index (κ3) is 2.48. The molecule has 0 radical (unpaired) electrons. The molecule has 0 amide bonds. The number of ketones is 1. The molecule has 0 spiro atoms. The molecule has 1 fully saturated rings. The molecule has 0 aromatic carbocycles. The molecular weight excluding hydrogens is 212 g/mol. The molecule has 1 aliphatic heterocycles. The predicted molar refractivity (Wildman–Crippen MR) is 69.4 cm³/mol. The minimum Gasteiger partial charge on any atom is -0.353 e. The number of nitrogens with zero attached hydrogens (tertiary/aromatic N) is 2. The summed E-state index contributed by atoms with van der Waals surface area (Å²) in [5.41, 5.74) is 0.744. The Kier molecular flexibility index (Phi) is 3.46. The number of pyridine rings is 1. The number of anilines is 1. The first-order valence-electron chi connectivity index (χ1n) is 6.32. The Morgan fingerprint density at radius 2 is 2.24 bits per heavy atom. The molecule has 2 heterocycles. The second-order valence-electron chi connectivity index (χ2n) is 5.10. The van der Waals surface area contributed by atoms with E-state index < -0.39 is 0 Å². The third-order valence-electron chi connectivity index (χ3n) is 3.58. The van der Waals surface area contributed by atoms with Crippen LogP contribution >= 0.6 is 0 Å². The number of rotatable bonds is 2. The van der Waals surface area contributed by atoms with Crippen molar-refractivity contribution >= 4 is 11.6 Å². The average Bonchev–Trinajstić information content (AvgIpc) is 2.29. The van der Waals surface area contributed by atoms with Gasteiger partial charge in [0.25, 0.3) is 0 Å². The van der Waals surface area contributed by atoms with E-state index >= 15 is 0 Å². The monoisotopic (exact) mass is 232 g/mol. The van der Waals surface area contributed by atoms with Gasteiger partial charge in [0.15, 0.2) is 5.78 Å². The number of carbonyl (C=O) groups excluding carboxylic acids is 1. The number of Topliss-reactive ketones (excluding diaryl/α,β-unsaturated/α-hetero) is 1. The van der Waals surface area contributed by atoms with Gasteiger partial charge >= 0.3 is 0 Å². The summed E-state index contributed by atoms with van der Waals surface area (Å²) in [6.07, 6.45) is 4.12. The molecule has 1 aliphatic rings. The van der Waals surface area contributed by atoms with E-state index in [0.717, 1.165) is 23.8 Å². The number of hydrogen-bond donors (Lipinski definition) is 0. The number of piperidine rings is 1. The van der Waals surface area contributed by atoms with Gasteiger partial charge in [-0.3, -0.25) is 4.79 Å². The molecule has 1 aromatic heterocycles. The normalized spacial score (nSPS) is 24.8. The highest BCUT2D eigenvalue weighted by molar-refractivity contribution is 5.98. The fourth-order valence-corrected chi connectivity index (χ4v) is 2.62. The first-order chi connectivity index (χ1) is 8.09. The third-order valence-corrected chi connectivity index (χ3v) is 3.58. The summed E-state index contributed by atoms with van der Waals surface area (Å²) in [5.74, 6) is 1.73. The first-order valence-corrected chi connectivity index (χ1v) is 6.32. The van der Waals surface area contributed by atoms with Crippen LogP contribution in [0.25, 0.3) is 0 Å². The molecule has 0 N–H and O–H groups in total. The zero-order valence-corrected chi connectivity index (χ0v) is 10.8. The molecular formula is C14H20N2O. The maximum absolute atomic E-state index is 11.6. The van der Waals surface area contributed by atoms with Crippen molar-refractivity contribution in [2.24, 2.45) is 5.92 Å². The van der Waals surface area contributed by atoms with Crippen molar-refractivity contribution in [3.05, 3.63) is 23.9 Å². The SMILES string of the molecule is CC(=O)c1cccnc1N1CCC(C)CC1C. The van der Waals surface area contributed by atoms with Crippen molar-refractivity contribution < 1.29 is 4.79 Å². The Bertz CT molecular complexity index is 416. The minimum atomic E-state index is 0.0962. The summed E-state index contributed by atoms with van der Waals surface area (Å²) < 4.78 is 0. The largest absolute Gasteiger partial charge is 0.353 e. The zero-order valence-electron chi connectivity index (χ0n) is 10.8. The Hall–Kier alpha value is -1.38. The van der Waals surface area contributed by atoms with Crippen molar-refractivity contribution in [2.75, 3.05) is 11.4 Å². The van der Waals surface area contributed by atoms with Crippen molar-refractivity contribution in [1.82, 2.24) is 4.98 Å². The van der Waals surface area contributed by atoms with E-state index in [2.05, 4.69) is 23.7 Å². The van der Waals surface area contributed by atoms with Crippen LogP contribution in [0.15, 0.2) is 18.3 Å². The summed E-state index contributed by atoms with van der Waals surface area (Å²) >= 11 is 0.